The fourth-order valence-electron chi connectivity index (χ4n) is 1.13. The molecule has 0 radical (unpaired) electrons. The molecule has 0 unspecified atom stereocenters. The predicted octanol–water partition coefficient (Wildman–Crippen LogP) is 0.298. The van der Waals surface area contributed by atoms with Gasteiger partial charge in [0, 0.05) is 13.1 Å². The van der Waals surface area contributed by atoms with E-state index in [1.807, 2.05) is 6.11 Å². The molecule has 0 spiro atoms. The van der Waals surface area contributed by atoms with Crippen LogP contribution in [0.4, 0.5) is 0 Å². The van der Waals surface area contributed by atoms with Crippen LogP contribution in [0, 0.1) is 12.2 Å². The molecule has 1 fully saturated rings. The third-order valence-electron chi connectivity index (χ3n) is 1.72. The average molecular weight is 219 g/mol. The quantitative estimate of drug-likeness (QED) is 0.494. The highest BCUT2D eigenvalue weighted by molar-refractivity contribution is 7.86. The second kappa shape index (κ2) is 5.08. The van der Waals surface area contributed by atoms with Crippen LogP contribution in [0.25, 0.3) is 0 Å². The molecule has 0 bridgehead atoms. The highest BCUT2D eigenvalue weighted by Gasteiger charge is 2.09. The number of piperidine rings is 1. The van der Waals surface area contributed by atoms with Gasteiger partial charge in [-0.2, -0.15) is 8.42 Å². The fraction of sp³-hybridized carbons (Fsp3) is 0.750. The molecule has 0 aromatic carbocycles. The van der Waals surface area contributed by atoms with Crippen LogP contribution in [0.3, 0.4) is 0 Å². The standard InChI is InChI=1S/C8H13NO4S/c1-14(10,11)13-8-7-12-9-5-3-2-4-6-9/h2-6H2,1H3. The summed E-state index contributed by atoms with van der Waals surface area (Å²) in [4.78, 5) is 4.96. The summed E-state index contributed by atoms with van der Waals surface area (Å²) in [5.74, 6) is 0. The second-order valence-electron chi connectivity index (χ2n) is 3.07. The van der Waals surface area contributed by atoms with Gasteiger partial charge < -0.3 is 9.02 Å². The first-order chi connectivity index (χ1) is 6.58. The monoisotopic (exact) mass is 219 g/mol. The highest BCUT2D eigenvalue weighted by Crippen LogP contribution is 2.07. The van der Waals surface area contributed by atoms with E-state index in [9.17, 15) is 8.42 Å². The van der Waals surface area contributed by atoms with Crippen LogP contribution in [-0.4, -0.2) is 32.8 Å². The van der Waals surface area contributed by atoms with Crippen molar-refractivity contribution in [1.29, 1.82) is 0 Å². The van der Waals surface area contributed by atoms with Crippen molar-refractivity contribution in [2.24, 2.45) is 0 Å². The van der Waals surface area contributed by atoms with Gasteiger partial charge in [0.05, 0.1) is 6.26 Å². The van der Waals surface area contributed by atoms with Gasteiger partial charge in [-0.3, -0.25) is 0 Å². The molecule has 80 valence electrons. The fourth-order valence-corrected chi connectivity index (χ4v) is 1.32. The van der Waals surface area contributed by atoms with Crippen LogP contribution in [0.15, 0.2) is 0 Å². The molecule has 1 saturated heterocycles. The van der Waals surface area contributed by atoms with Crippen molar-refractivity contribution < 1.29 is 17.4 Å². The maximum absolute atomic E-state index is 10.5. The number of nitrogens with zero attached hydrogens (tertiary/aromatic N) is 1. The first-order valence-corrected chi connectivity index (χ1v) is 6.20. The van der Waals surface area contributed by atoms with Gasteiger partial charge in [0.1, 0.15) is 0 Å². The number of rotatable bonds is 2. The molecule has 0 atom stereocenters. The van der Waals surface area contributed by atoms with E-state index in [0.29, 0.717) is 0 Å². The van der Waals surface area contributed by atoms with Crippen molar-refractivity contribution in [1.82, 2.24) is 5.06 Å². The summed E-state index contributed by atoms with van der Waals surface area (Å²) >= 11 is 0. The van der Waals surface area contributed by atoms with Crippen LogP contribution >= 0.6 is 0 Å². The molecule has 0 aliphatic carbocycles. The van der Waals surface area contributed by atoms with Crippen molar-refractivity contribution >= 4 is 10.1 Å². The Bertz CT molecular complexity index is 321. The van der Waals surface area contributed by atoms with Crippen LogP contribution in [0.5, 0.6) is 0 Å². The summed E-state index contributed by atoms with van der Waals surface area (Å²) < 4.78 is 25.2. The van der Waals surface area contributed by atoms with Crippen LogP contribution < -0.4 is 0 Å². The van der Waals surface area contributed by atoms with E-state index in [0.717, 1.165) is 32.2 Å². The van der Waals surface area contributed by atoms with Gasteiger partial charge in [0.15, 0.2) is 12.2 Å². The minimum Gasteiger partial charge on any atom is -0.350 e. The third kappa shape index (κ3) is 4.94. The van der Waals surface area contributed by atoms with Gasteiger partial charge in [-0.1, -0.05) is 6.42 Å². The Labute approximate surface area is 84.1 Å². The van der Waals surface area contributed by atoms with Crippen molar-refractivity contribution in [3.8, 4) is 12.2 Å². The lowest BCUT2D eigenvalue weighted by Gasteiger charge is -2.22. The highest BCUT2D eigenvalue weighted by atomic mass is 32.2. The van der Waals surface area contributed by atoms with Crippen molar-refractivity contribution in [2.75, 3.05) is 19.3 Å². The normalized spacial score (nSPS) is 18.1. The maximum Gasteiger partial charge on any atom is 0.314 e. The van der Waals surface area contributed by atoms with Crippen LogP contribution in [0.1, 0.15) is 19.3 Å². The van der Waals surface area contributed by atoms with Gasteiger partial charge in [-0.25, -0.2) is 0 Å². The van der Waals surface area contributed by atoms with E-state index in [1.165, 1.54) is 6.42 Å². The minimum atomic E-state index is -3.50. The molecule has 0 aromatic heterocycles. The molecule has 0 N–H and O–H groups in total. The molecule has 14 heavy (non-hydrogen) atoms. The average Bonchev–Trinajstić information content (AvgIpc) is 2.13. The number of hydrogen-bond acceptors (Lipinski definition) is 5. The predicted molar refractivity (Wildman–Crippen MR) is 50.2 cm³/mol. The van der Waals surface area contributed by atoms with Gasteiger partial charge in [0.25, 0.3) is 0 Å². The van der Waals surface area contributed by atoms with Gasteiger partial charge in [-0.15, -0.1) is 5.06 Å². The lowest BCUT2D eigenvalue weighted by molar-refractivity contribution is -0.101. The SMILES string of the molecule is CS(=O)(=O)OC#CON1CCCCC1. The summed E-state index contributed by atoms with van der Waals surface area (Å²) in [6, 6.07) is 0. The van der Waals surface area contributed by atoms with Crippen molar-refractivity contribution in [2.45, 2.75) is 19.3 Å². The molecular weight excluding hydrogens is 206 g/mol. The first kappa shape index (κ1) is 11.1. The third-order valence-corrected chi connectivity index (χ3v) is 2.11. The van der Waals surface area contributed by atoms with E-state index < -0.39 is 10.1 Å². The molecule has 5 nitrogen and oxygen atoms in total. The minimum absolute atomic E-state index is 0.827. The van der Waals surface area contributed by atoms with E-state index >= 15 is 0 Å². The Hall–Kier alpha value is -0.930. The Morgan fingerprint density at radius 1 is 1.14 bits per heavy atom. The molecule has 1 aliphatic rings. The molecule has 0 saturated carbocycles. The van der Waals surface area contributed by atoms with E-state index in [-0.39, 0.29) is 0 Å². The molecule has 6 heteroatoms. The number of hydrogen-bond donors (Lipinski definition) is 0. The van der Waals surface area contributed by atoms with Crippen LogP contribution in [-0.2, 0) is 19.1 Å². The molecule has 0 aromatic rings. The molecule has 1 aliphatic heterocycles. The largest absolute Gasteiger partial charge is 0.350 e. The summed E-state index contributed by atoms with van der Waals surface area (Å²) in [6.45, 7) is 1.65. The Morgan fingerprint density at radius 2 is 1.79 bits per heavy atom. The molecule has 1 rings (SSSR count). The summed E-state index contributed by atoms with van der Waals surface area (Å²) in [6.07, 6.45) is 8.45. The van der Waals surface area contributed by atoms with E-state index in [4.69, 9.17) is 4.84 Å². The lowest BCUT2D eigenvalue weighted by atomic mass is 10.2. The maximum atomic E-state index is 10.5. The zero-order valence-electron chi connectivity index (χ0n) is 8.02. The smallest absolute Gasteiger partial charge is 0.314 e. The second-order valence-corrected chi connectivity index (χ2v) is 4.65. The van der Waals surface area contributed by atoms with Gasteiger partial charge in [-0.05, 0) is 12.8 Å². The Kier molecular flexibility index (Phi) is 4.04. The summed E-state index contributed by atoms with van der Waals surface area (Å²) in [5, 5.41) is 1.70. The topological polar surface area (TPSA) is 55.8 Å². The van der Waals surface area contributed by atoms with Gasteiger partial charge >= 0.3 is 10.1 Å². The number of hydroxylamine groups is 2. The zero-order chi connectivity index (χ0) is 10.4. The van der Waals surface area contributed by atoms with Gasteiger partial charge in [0.2, 0.25) is 0 Å². The summed E-state index contributed by atoms with van der Waals surface area (Å²) in [7, 11) is -3.50. The van der Waals surface area contributed by atoms with E-state index in [2.05, 4.69) is 10.3 Å². The zero-order valence-corrected chi connectivity index (χ0v) is 8.84. The van der Waals surface area contributed by atoms with Crippen molar-refractivity contribution in [3.63, 3.8) is 0 Å². The summed E-state index contributed by atoms with van der Waals surface area (Å²) in [5.41, 5.74) is 0. The Morgan fingerprint density at radius 3 is 2.36 bits per heavy atom. The molecular formula is C8H13NO4S. The van der Waals surface area contributed by atoms with Crippen LogP contribution in [0.2, 0.25) is 0 Å². The Balaban J connectivity index is 2.24. The first-order valence-electron chi connectivity index (χ1n) is 4.38. The van der Waals surface area contributed by atoms with Crippen molar-refractivity contribution in [3.05, 3.63) is 0 Å². The lowest BCUT2D eigenvalue weighted by Crippen LogP contribution is -2.28. The molecule has 0 amide bonds. The molecule has 1 heterocycles. The van der Waals surface area contributed by atoms with E-state index in [1.54, 1.807) is 5.06 Å².